The lowest BCUT2D eigenvalue weighted by atomic mass is 10.4. The lowest BCUT2D eigenvalue weighted by Gasteiger charge is -2.13. The Morgan fingerprint density at radius 2 is 1.80 bits per heavy atom. The number of hydrogen-bond donors (Lipinski definition) is 1. The monoisotopic (exact) mass is 240 g/mol. The molecule has 0 saturated carbocycles. The average molecular weight is 240 g/mol. The van der Waals surface area contributed by atoms with Crippen molar-refractivity contribution in [1.29, 1.82) is 0 Å². The van der Waals surface area contributed by atoms with Gasteiger partial charge < -0.3 is 4.89 Å². The highest BCUT2D eigenvalue weighted by Gasteiger charge is 2.33. The molecule has 0 saturated heterocycles. The quantitative estimate of drug-likeness (QED) is 0.822. The Bertz CT molecular complexity index is 363. The summed E-state index contributed by atoms with van der Waals surface area (Å²) in [4.78, 5) is 9.18. The smallest absolute Gasteiger partial charge is 0.321 e. The van der Waals surface area contributed by atoms with Crippen molar-refractivity contribution in [3.05, 3.63) is 30.3 Å². The maximum absolute atomic E-state index is 11.7. The van der Waals surface area contributed by atoms with Gasteiger partial charge in [0.25, 0.3) is 0 Å². The Morgan fingerprint density at radius 1 is 1.27 bits per heavy atom. The summed E-state index contributed by atoms with van der Waals surface area (Å²) in [5, 5.41) is -0.158. The van der Waals surface area contributed by atoms with Crippen molar-refractivity contribution in [3.8, 4) is 0 Å². The van der Waals surface area contributed by atoms with Crippen LogP contribution in [0.15, 0.2) is 30.3 Å². The van der Waals surface area contributed by atoms with Gasteiger partial charge in [-0.25, -0.2) is 0 Å². The van der Waals surface area contributed by atoms with Crippen molar-refractivity contribution >= 4 is 12.9 Å². The fraction of sp³-hybridized carbons (Fsp3) is 0.250. The predicted molar refractivity (Wildman–Crippen MR) is 47.9 cm³/mol. The fourth-order valence-electron chi connectivity index (χ4n) is 0.852. The van der Waals surface area contributed by atoms with E-state index >= 15 is 0 Å². The third-order valence-corrected chi connectivity index (χ3v) is 2.92. The van der Waals surface area contributed by atoms with Crippen LogP contribution < -0.4 is 5.30 Å². The van der Waals surface area contributed by atoms with Gasteiger partial charge in [-0.05, 0) is 12.1 Å². The predicted octanol–water partition coefficient (Wildman–Crippen LogP) is 2.08. The molecule has 0 radical (unpaired) electrons. The number of hydrogen-bond acceptors (Lipinski definition) is 2. The molecule has 0 spiro atoms. The number of benzene rings is 1. The van der Waals surface area contributed by atoms with E-state index < -0.39 is 20.4 Å². The second-order valence-electron chi connectivity index (χ2n) is 2.74. The lowest BCUT2D eigenvalue weighted by Crippen LogP contribution is -2.18. The summed E-state index contributed by atoms with van der Waals surface area (Å²) >= 11 is 0. The molecule has 0 aliphatic heterocycles. The molecule has 3 nitrogen and oxygen atoms in total. The summed E-state index contributed by atoms with van der Waals surface area (Å²) in [7, 11) is -4.36. The van der Waals surface area contributed by atoms with Gasteiger partial charge in [-0.2, -0.15) is 13.2 Å². The van der Waals surface area contributed by atoms with E-state index in [1.165, 1.54) is 24.3 Å². The molecule has 1 N–H and O–H groups in total. The van der Waals surface area contributed by atoms with Crippen LogP contribution in [-0.4, -0.2) is 17.7 Å². The van der Waals surface area contributed by atoms with Crippen molar-refractivity contribution < 1.29 is 27.2 Å². The van der Waals surface area contributed by atoms with E-state index in [0.717, 1.165) is 0 Å². The molecule has 0 heterocycles. The number of halogens is 3. The highest BCUT2D eigenvalue weighted by Crippen LogP contribution is 2.41. The second kappa shape index (κ2) is 4.35. The zero-order chi connectivity index (χ0) is 11.5. The van der Waals surface area contributed by atoms with Crippen molar-refractivity contribution in [2.24, 2.45) is 0 Å². The zero-order valence-corrected chi connectivity index (χ0v) is 8.33. The standard InChI is InChI=1S/C8H8F3O3P/c9-8(10,11)6-14-15(12,13)7-4-2-1-3-5-7/h1-5H,6H2,(H,12,13). The first kappa shape index (κ1) is 12.2. The summed E-state index contributed by atoms with van der Waals surface area (Å²) in [5.41, 5.74) is 0. The van der Waals surface area contributed by atoms with E-state index in [-0.39, 0.29) is 5.30 Å². The molecule has 0 fully saturated rings. The molecule has 0 aliphatic rings. The van der Waals surface area contributed by atoms with Crippen molar-refractivity contribution in [2.45, 2.75) is 6.18 Å². The highest BCUT2D eigenvalue weighted by atomic mass is 31.2. The molecule has 0 bridgehead atoms. The van der Waals surface area contributed by atoms with Gasteiger partial charge in [0.2, 0.25) is 0 Å². The molecule has 1 unspecified atom stereocenters. The Kier molecular flexibility index (Phi) is 3.54. The van der Waals surface area contributed by atoms with Crippen LogP contribution in [0.5, 0.6) is 0 Å². The second-order valence-corrected chi connectivity index (χ2v) is 4.56. The fourth-order valence-corrected chi connectivity index (χ4v) is 1.87. The molecule has 0 amide bonds. The lowest BCUT2D eigenvalue weighted by molar-refractivity contribution is -0.154. The van der Waals surface area contributed by atoms with E-state index in [1.807, 2.05) is 0 Å². The molecule has 15 heavy (non-hydrogen) atoms. The summed E-state index contributed by atoms with van der Waals surface area (Å²) in [6, 6.07) is 6.92. The van der Waals surface area contributed by atoms with Crippen LogP contribution in [-0.2, 0) is 9.09 Å². The van der Waals surface area contributed by atoms with Gasteiger partial charge in [-0.15, -0.1) is 0 Å². The number of alkyl halides is 3. The van der Waals surface area contributed by atoms with Gasteiger partial charge in [-0.3, -0.25) is 9.09 Å². The Morgan fingerprint density at radius 3 is 2.27 bits per heavy atom. The molecule has 0 aliphatic carbocycles. The van der Waals surface area contributed by atoms with Crippen molar-refractivity contribution in [3.63, 3.8) is 0 Å². The van der Waals surface area contributed by atoms with Gasteiger partial charge >= 0.3 is 13.8 Å². The third-order valence-electron chi connectivity index (χ3n) is 1.49. The SMILES string of the molecule is O=P(O)(OCC(F)(F)F)c1ccccc1. The molecule has 1 rings (SSSR count). The van der Waals surface area contributed by atoms with E-state index in [9.17, 15) is 22.6 Å². The number of rotatable bonds is 3. The van der Waals surface area contributed by atoms with Crippen LogP contribution >= 0.6 is 7.60 Å². The maximum Gasteiger partial charge on any atom is 0.412 e. The molecule has 0 aromatic heterocycles. The summed E-state index contributed by atoms with van der Waals surface area (Å²) in [5.74, 6) is 0. The molecule has 1 atom stereocenters. The van der Waals surface area contributed by atoms with Gasteiger partial charge in [0, 0.05) is 0 Å². The average Bonchev–Trinajstić information content (AvgIpc) is 2.16. The summed E-state index contributed by atoms with van der Waals surface area (Å²) in [6.07, 6.45) is -4.62. The van der Waals surface area contributed by atoms with E-state index in [1.54, 1.807) is 6.07 Å². The van der Waals surface area contributed by atoms with E-state index in [2.05, 4.69) is 4.52 Å². The third kappa shape index (κ3) is 4.03. The van der Waals surface area contributed by atoms with Crippen LogP contribution in [0, 0.1) is 0 Å². The Labute approximate surface area is 84.0 Å². The normalized spacial score (nSPS) is 16.0. The van der Waals surface area contributed by atoms with Crippen molar-refractivity contribution in [1.82, 2.24) is 0 Å². The summed E-state index contributed by atoms with van der Waals surface area (Å²) in [6.45, 7) is -1.74. The van der Waals surface area contributed by atoms with Crippen molar-refractivity contribution in [2.75, 3.05) is 6.61 Å². The van der Waals surface area contributed by atoms with Crippen LogP contribution in [0.4, 0.5) is 13.2 Å². The van der Waals surface area contributed by atoms with Gasteiger partial charge in [0.1, 0.15) is 0 Å². The summed E-state index contributed by atoms with van der Waals surface area (Å²) < 4.78 is 50.5. The molecular formula is C8H8F3O3P. The first-order chi connectivity index (χ1) is 6.81. The van der Waals surface area contributed by atoms with Crippen LogP contribution in [0.3, 0.4) is 0 Å². The van der Waals surface area contributed by atoms with Crippen LogP contribution in [0.2, 0.25) is 0 Å². The molecule has 1 aromatic rings. The minimum atomic E-state index is -4.62. The zero-order valence-electron chi connectivity index (χ0n) is 7.44. The first-order valence-corrected chi connectivity index (χ1v) is 5.49. The van der Waals surface area contributed by atoms with Gasteiger partial charge in [-0.1, -0.05) is 18.2 Å². The highest BCUT2D eigenvalue weighted by molar-refractivity contribution is 7.61. The largest absolute Gasteiger partial charge is 0.412 e. The molecule has 7 heteroatoms. The minimum absolute atomic E-state index is 0.158. The molecule has 84 valence electrons. The Hall–Kier alpha value is -0.840. The first-order valence-electron chi connectivity index (χ1n) is 3.91. The van der Waals surface area contributed by atoms with Gasteiger partial charge in [0.15, 0.2) is 6.61 Å². The van der Waals surface area contributed by atoms with E-state index in [0.29, 0.717) is 0 Å². The maximum atomic E-state index is 11.7. The topological polar surface area (TPSA) is 46.5 Å². The van der Waals surface area contributed by atoms with E-state index in [4.69, 9.17) is 0 Å². The van der Waals surface area contributed by atoms with Gasteiger partial charge in [0.05, 0.1) is 5.30 Å². The molecule has 1 aromatic carbocycles. The minimum Gasteiger partial charge on any atom is -0.321 e. The molecular weight excluding hydrogens is 232 g/mol. The van der Waals surface area contributed by atoms with Crippen LogP contribution in [0.25, 0.3) is 0 Å². The van der Waals surface area contributed by atoms with Crippen LogP contribution in [0.1, 0.15) is 0 Å². The Balaban J connectivity index is 2.73.